The molecule has 0 fully saturated rings. The average Bonchev–Trinajstić information content (AvgIpc) is 2.92. The van der Waals surface area contributed by atoms with Gasteiger partial charge in [0.2, 0.25) is 0 Å². The predicted octanol–water partition coefficient (Wildman–Crippen LogP) is 3.70. The third-order valence-corrected chi connectivity index (χ3v) is 3.52. The van der Waals surface area contributed by atoms with Gasteiger partial charge in [-0.05, 0) is 25.3 Å². The minimum Gasteiger partial charge on any atom is -0.355 e. The molecule has 0 spiro atoms. The first-order chi connectivity index (χ1) is 9.22. The van der Waals surface area contributed by atoms with Crippen molar-refractivity contribution in [2.75, 3.05) is 13.1 Å². The molecule has 19 heavy (non-hydrogen) atoms. The van der Waals surface area contributed by atoms with Gasteiger partial charge in [0.15, 0.2) is 11.6 Å². The van der Waals surface area contributed by atoms with Gasteiger partial charge in [-0.1, -0.05) is 15.3 Å². The summed E-state index contributed by atoms with van der Waals surface area (Å²) >= 11 is 1.61. The lowest BCUT2D eigenvalue weighted by molar-refractivity contribution is 0.366. The standard InChI is InChI=1S/C13H19FN3PS/c1-3-17(4-2)13(16-10-18)12(14)9-15-8-11-6-5-7-19-11/h5-7,9-10H,3-4,8,18H2,1-2H3/b13-12-,15-9?,16-10+. The zero-order valence-electron chi connectivity index (χ0n) is 11.2. The van der Waals surface area contributed by atoms with E-state index in [1.165, 1.54) is 12.2 Å². The number of thiophene rings is 1. The van der Waals surface area contributed by atoms with Crippen molar-refractivity contribution in [2.45, 2.75) is 20.4 Å². The fourth-order valence-corrected chi connectivity index (χ4v) is 2.34. The summed E-state index contributed by atoms with van der Waals surface area (Å²) in [6, 6.07) is 3.94. The zero-order chi connectivity index (χ0) is 14.1. The predicted molar refractivity (Wildman–Crippen MR) is 85.8 cm³/mol. The van der Waals surface area contributed by atoms with Crippen molar-refractivity contribution in [1.82, 2.24) is 4.90 Å². The smallest absolute Gasteiger partial charge is 0.183 e. The number of halogens is 1. The Bertz CT molecular complexity index is 450. The average molecular weight is 299 g/mol. The van der Waals surface area contributed by atoms with Crippen molar-refractivity contribution in [3.63, 3.8) is 0 Å². The molecule has 0 bridgehead atoms. The van der Waals surface area contributed by atoms with Gasteiger partial charge in [0, 0.05) is 23.9 Å². The summed E-state index contributed by atoms with van der Waals surface area (Å²) in [5.41, 5.74) is 0. The molecule has 1 heterocycles. The maximum Gasteiger partial charge on any atom is 0.183 e. The van der Waals surface area contributed by atoms with E-state index in [1.807, 2.05) is 36.3 Å². The summed E-state index contributed by atoms with van der Waals surface area (Å²) in [5.74, 6) is 1.44. The van der Waals surface area contributed by atoms with Crippen LogP contribution in [0, 0.1) is 0 Å². The molecule has 104 valence electrons. The summed E-state index contributed by atoms with van der Waals surface area (Å²) < 4.78 is 14.1. The Morgan fingerprint density at radius 2 is 2.21 bits per heavy atom. The van der Waals surface area contributed by atoms with Gasteiger partial charge >= 0.3 is 0 Å². The van der Waals surface area contributed by atoms with Gasteiger partial charge < -0.3 is 4.90 Å². The van der Waals surface area contributed by atoms with Crippen LogP contribution in [0.5, 0.6) is 0 Å². The lowest BCUT2D eigenvalue weighted by Gasteiger charge is -2.20. The van der Waals surface area contributed by atoms with Crippen molar-refractivity contribution < 1.29 is 4.39 Å². The summed E-state index contributed by atoms with van der Waals surface area (Å²) in [6.45, 7) is 5.86. The maximum absolute atomic E-state index is 14.1. The third-order valence-electron chi connectivity index (χ3n) is 2.51. The van der Waals surface area contributed by atoms with Crippen LogP contribution >= 0.6 is 20.6 Å². The topological polar surface area (TPSA) is 28.0 Å². The molecule has 0 amide bonds. The SMILES string of the molecule is CCN(CC)C(/N=C/P)=C(\F)C=NCc1cccs1. The molecule has 1 atom stereocenters. The summed E-state index contributed by atoms with van der Waals surface area (Å²) in [6.07, 6.45) is 1.26. The third kappa shape index (κ3) is 5.21. The Hall–Kier alpha value is -1.06. The summed E-state index contributed by atoms with van der Waals surface area (Å²) in [7, 11) is 2.36. The van der Waals surface area contributed by atoms with Crippen LogP contribution in [0.1, 0.15) is 18.7 Å². The molecule has 0 aliphatic carbocycles. The monoisotopic (exact) mass is 299 g/mol. The van der Waals surface area contributed by atoms with Crippen LogP contribution in [0.25, 0.3) is 0 Å². The first kappa shape index (κ1) is 16.0. The molecule has 1 aromatic heterocycles. The van der Waals surface area contributed by atoms with E-state index in [-0.39, 0.29) is 0 Å². The van der Waals surface area contributed by atoms with Crippen molar-refractivity contribution >= 4 is 32.7 Å². The van der Waals surface area contributed by atoms with Crippen LogP contribution in [-0.2, 0) is 6.54 Å². The molecule has 0 saturated heterocycles. The molecule has 0 saturated carbocycles. The largest absolute Gasteiger partial charge is 0.355 e. The Balaban J connectivity index is 2.80. The fourth-order valence-electron chi connectivity index (χ4n) is 1.56. The van der Waals surface area contributed by atoms with E-state index in [9.17, 15) is 4.39 Å². The minimum atomic E-state index is -0.404. The molecule has 0 N–H and O–H groups in total. The highest BCUT2D eigenvalue weighted by Gasteiger charge is 2.09. The Labute approximate surface area is 120 Å². The van der Waals surface area contributed by atoms with Crippen LogP contribution < -0.4 is 0 Å². The molecule has 0 aliphatic rings. The highest BCUT2D eigenvalue weighted by molar-refractivity contribution is 7.36. The van der Waals surface area contributed by atoms with E-state index in [0.29, 0.717) is 25.5 Å². The normalized spacial score (nSPS) is 13.3. The molecule has 1 aromatic rings. The quantitative estimate of drug-likeness (QED) is 0.557. The van der Waals surface area contributed by atoms with Gasteiger partial charge in [0.1, 0.15) is 0 Å². The molecule has 6 heteroatoms. The van der Waals surface area contributed by atoms with Crippen molar-refractivity contribution in [1.29, 1.82) is 0 Å². The van der Waals surface area contributed by atoms with Crippen LogP contribution in [0.15, 0.2) is 39.1 Å². The van der Waals surface area contributed by atoms with Gasteiger partial charge in [-0.2, -0.15) is 0 Å². The highest BCUT2D eigenvalue weighted by atomic mass is 32.1. The Kier molecular flexibility index (Phi) is 7.53. The van der Waals surface area contributed by atoms with E-state index in [1.54, 1.807) is 11.3 Å². The van der Waals surface area contributed by atoms with Crippen LogP contribution in [0.2, 0.25) is 0 Å². The molecule has 0 aliphatic heterocycles. The Morgan fingerprint density at radius 3 is 2.74 bits per heavy atom. The van der Waals surface area contributed by atoms with Crippen LogP contribution in [-0.4, -0.2) is 30.2 Å². The fraction of sp³-hybridized carbons (Fsp3) is 0.385. The molecule has 0 radical (unpaired) electrons. The summed E-state index contributed by atoms with van der Waals surface area (Å²) in [4.78, 5) is 11.1. The number of hydrogen-bond acceptors (Lipinski definition) is 4. The number of nitrogens with zero attached hydrogens (tertiary/aromatic N) is 3. The second-order valence-corrected chi connectivity index (χ2v) is 5.00. The summed E-state index contributed by atoms with van der Waals surface area (Å²) in [5, 5.41) is 1.98. The van der Waals surface area contributed by atoms with E-state index < -0.39 is 5.83 Å². The van der Waals surface area contributed by atoms with Gasteiger partial charge in [-0.15, -0.1) is 11.3 Å². The van der Waals surface area contributed by atoms with Crippen LogP contribution in [0.4, 0.5) is 4.39 Å². The molecule has 1 unspecified atom stereocenters. The second kappa shape index (κ2) is 8.94. The molecule has 0 aromatic carbocycles. The Morgan fingerprint density at radius 1 is 1.47 bits per heavy atom. The van der Waals surface area contributed by atoms with E-state index >= 15 is 0 Å². The van der Waals surface area contributed by atoms with Crippen molar-refractivity contribution in [3.05, 3.63) is 34.0 Å². The second-order valence-electron chi connectivity index (χ2n) is 3.67. The van der Waals surface area contributed by atoms with Crippen molar-refractivity contribution in [3.8, 4) is 0 Å². The van der Waals surface area contributed by atoms with E-state index in [4.69, 9.17) is 0 Å². The highest BCUT2D eigenvalue weighted by Crippen LogP contribution is 2.13. The number of hydrogen-bond donors (Lipinski definition) is 0. The minimum absolute atomic E-state index is 0.329. The lowest BCUT2D eigenvalue weighted by Crippen LogP contribution is -2.22. The first-order valence-electron chi connectivity index (χ1n) is 6.14. The van der Waals surface area contributed by atoms with Gasteiger partial charge in [0.25, 0.3) is 0 Å². The zero-order valence-corrected chi connectivity index (χ0v) is 13.2. The van der Waals surface area contributed by atoms with Gasteiger partial charge in [-0.25, -0.2) is 9.38 Å². The van der Waals surface area contributed by atoms with Crippen LogP contribution in [0.3, 0.4) is 0 Å². The molecular formula is C13H19FN3PS. The molecular weight excluding hydrogens is 280 g/mol. The van der Waals surface area contributed by atoms with Gasteiger partial charge in [0.05, 0.1) is 12.8 Å². The van der Waals surface area contributed by atoms with Crippen molar-refractivity contribution in [2.24, 2.45) is 9.98 Å². The lowest BCUT2D eigenvalue weighted by atomic mass is 10.4. The molecule has 1 rings (SSSR count). The van der Waals surface area contributed by atoms with Gasteiger partial charge in [-0.3, -0.25) is 4.99 Å². The number of rotatable bonds is 7. The van der Waals surface area contributed by atoms with E-state index in [2.05, 4.69) is 19.2 Å². The van der Waals surface area contributed by atoms with E-state index in [0.717, 1.165) is 4.88 Å². The molecule has 3 nitrogen and oxygen atoms in total. The number of allylic oxidation sites excluding steroid dienone is 1. The first-order valence-corrected chi connectivity index (χ1v) is 7.68. The number of aliphatic imine (C=N–C) groups is 2. The maximum atomic E-state index is 14.1.